The van der Waals surface area contributed by atoms with Crippen molar-refractivity contribution in [2.75, 3.05) is 6.54 Å². The number of carbonyl (C=O) groups is 1. The van der Waals surface area contributed by atoms with Crippen LogP contribution in [-0.2, 0) is 9.53 Å². The van der Waals surface area contributed by atoms with Gasteiger partial charge in [-0.3, -0.25) is 9.69 Å². The predicted molar refractivity (Wildman–Crippen MR) is 111 cm³/mol. The first-order valence-corrected chi connectivity index (χ1v) is 10.1. The molecular formula is C25H23F2NO2. The molecule has 0 N–H and O–H groups in total. The maximum absolute atomic E-state index is 14.0. The zero-order chi connectivity index (χ0) is 21.1. The van der Waals surface area contributed by atoms with Crippen LogP contribution in [0.5, 0.6) is 0 Å². The lowest BCUT2D eigenvalue weighted by Crippen LogP contribution is -2.56. The van der Waals surface area contributed by atoms with E-state index in [9.17, 15) is 13.6 Å². The quantitative estimate of drug-likeness (QED) is 0.510. The Morgan fingerprint density at radius 2 is 1.50 bits per heavy atom. The summed E-state index contributed by atoms with van der Waals surface area (Å²) in [4.78, 5) is 14.1. The number of halogens is 2. The third kappa shape index (κ3) is 4.12. The third-order valence-corrected chi connectivity index (χ3v) is 5.46. The maximum Gasteiger partial charge on any atom is 0.305 e. The van der Waals surface area contributed by atoms with E-state index in [1.807, 2.05) is 60.7 Å². The van der Waals surface area contributed by atoms with Gasteiger partial charge in [0.25, 0.3) is 0 Å². The monoisotopic (exact) mass is 407 g/mol. The smallest absolute Gasteiger partial charge is 0.305 e. The first kappa shape index (κ1) is 20.2. The fourth-order valence-corrected chi connectivity index (χ4v) is 4.11. The van der Waals surface area contributed by atoms with E-state index < -0.39 is 23.8 Å². The van der Waals surface area contributed by atoms with Crippen LogP contribution < -0.4 is 0 Å². The molecule has 1 aliphatic rings. The Bertz CT molecular complexity index is 950. The van der Waals surface area contributed by atoms with Gasteiger partial charge in [-0.05, 0) is 28.8 Å². The number of hydrogen-bond acceptors (Lipinski definition) is 3. The van der Waals surface area contributed by atoms with E-state index in [1.54, 1.807) is 6.92 Å². The summed E-state index contributed by atoms with van der Waals surface area (Å²) in [5.41, 5.74) is 2.58. The fraction of sp³-hybridized carbons (Fsp3) is 0.240. The summed E-state index contributed by atoms with van der Waals surface area (Å²) in [5.74, 6) is -1.61. The number of nitrogens with zero attached hydrogens (tertiary/aromatic N) is 1. The molecule has 30 heavy (non-hydrogen) atoms. The number of likely N-dealkylation sites (tertiary alicyclic amines) is 1. The van der Waals surface area contributed by atoms with Crippen LogP contribution in [0, 0.1) is 11.6 Å². The van der Waals surface area contributed by atoms with Gasteiger partial charge in [0.15, 0.2) is 0 Å². The van der Waals surface area contributed by atoms with Gasteiger partial charge in [-0.1, -0.05) is 67.6 Å². The molecule has 0 aromatic heterocycles. The average molecular weight is 407 g/mol. The predicted octanol–water partition coefficient (Wildman–Crippen LogP) is 5.43. The summed E-state index contributed by atoms with van der Waals surface area (Å²) >= 11 is 0. The lowest BCUT2D eigenvalue weighted by Gasteiger charge is -2.51. The third-order valence-electron chi connectivity index (χ3n) is 5.46. The summed E-state index contributed by atoms with van der Waals surface area (Å²) in [5, 5.41) is 0. The molecule has 2 unspecified atom stereocenters. The molecule has 0 radical (unpaired) electrons. The van der Waals surface area contributed by atoms with Crippen LogP contribution in [0.2, 0.25) is 0 Å². The van der Waals surface area contributed by atoms with Crippen molar-refractivity contribution < 1.29 is 18.3 Å². The Balaban J connectivity index is 1.76. The van der Waals surface area contributed by atoms with E-state index in [0.717, 1.165) is 17.2 Å². The van der Waals surface area contributed by atoms with Crippen molar-refractivity contribution >= 4 is 5.97 Å². The molecule has 1 heterocycles. The summed E-state index contributed by atoms with van der Waals surface area (Å²) in [6, 6.07) is 22.8. The Hall–Kier alpha value is -3.05. The Labute approximate surface area is 174 Å². The minimum atomic E-state index is -0.645. The molecule has 0 amide bonds. The standard InChI is InChI=1S/C25H23F2NO2/c1-2-23(29)30-22-16-28(25(22)19-13-20(26)15-21(27)14-19)24(17-9-5-3-6-10-17)18-11-7-4-8-12-18/h3-15,22,24-25H,2,16H2,1H3. The second-order valence-electron chi connectivity index (χ2n) is 7.45. The topological polar surface area (TPSA) is 29.5 Å². The van der Waals surface area contributed by atoms with Crippen molar-refractivity contribution in [2.45, 2.75) is 31.5 Å². The molecule has 3 aromatic rings. The highest BCUT2D eigenvalue weighted by atomic mass is 19.1. The van der Waals surface area contributed by atoms with Gasteiger partial charge in [0.1, 0.15) is 17.7 Å². The van der Waals surface area contributed by atoms with E-state index >= 15 is 0 Å². The van der Waals surface area contributed by atoms with Crippen LogP contribution in [0.1, 0.15) is 42.1 Å². The minimum Gasteiger partial charge on any atom is -0.459 e. The fourth-order valence-electron chi connectivity index (χ4n) is 4.11. The van der Waals surface area contributed by atoms with Crippen LogP contribution in [0.4, 0.5) is 8.78 Å². The van der Waals surface area contributed by atoms with E-state index in [2.05, 4.69) is 4.90 Å². The molecule has 0 bridgehead atoms. The Morgan fingerprint density at radius 1 is 0.967 bits per heavy atom. The number of benzene rings is 3. The Kier molecular flexibility index (Phi) is 5.91. The normalized spacial score (nSPS) is 18.8. The molecular weight excluding hydrogens is 384 g/mol. The highest BCUT2D eigenvalue weighted by Crippen LogP contribution is 2.45. The number of ether oxygens (including phenoxy) is 1. The molecule has 0 saturated carbocycles. The molecule has 1 fully saturated rings. The molecule has 1 aliphatic heterocycles. The number of hydrogen-bond donors (Lipinski definition) is 0. The first-order chi connectivity index (χ1) is 14.6. The van der Waals surface area contributed by atoms with Crippen LogP contribution in [0.15, 0.2) is 78.9 Å². The summed E-state index contributed by atoms with van der Waals surface area (Å²) in [6.07, 6.45) is -0.213. The summed E-state index contributed by atoms with van der Waals surface area (Å²) in [6.45, 7) is 2.20. The lowest BCUT2D eigenvalue weighted by atomic mass is 9.85. The second kappa shape index (κ2) is 8.76. The van der Waals surface area contributed by atoms with Crippen LogP contribution in [-0.4, -0.2) is 23.5 Å². The summed E-state index contributed by atoms with van der Waals surface area (Å²) in [7, 11) is 0. The highest BCUT2D eigenvalue weighted by molar-refractivity contribution is 5.69. The van der Waals surface area contributed by atoms with Gasteiger partial charge in [-0.15, -0.1) is 0 Å². The molecule has 2 atom stereocenters. The van der Waals surface area contributed by atoms with Gasteiger partial charge >= 0.3 is 5.97 Å². The first-order valence-electron chi connectivity index (χ1n) is 10.1. The Morgan fingerprint density at radius 3 is 2.00 bits per heavy atom. The van der Waals surface area contributed by atoms with Crippen molar-refractivity contribution in [2.24, 2.45) is 0 Å². The minimum absolute atomic E-state index is 0.139. The van der Waals surface area contributed by atoms with E-state index in [1.165, 1.54) is 12.1 Å². The molecule has 4 rings (SSSR count). The molecule has 3 aromatic carbocycles. The van der Waals surface area contributed by atoms with E-state index in [4.69, 9.17) is 4.74 Å². The SMILES string of the molecule is CCC(=O)OC1CN(C(c2ccccc2)c2ccccc2)C1c1cc(F)cc(F)c1. The number of carbonyl (C=O) groups excluding carboxylic acids is 1. The lowest BCUT2D eigenvalue weighted by molar-refractivity contribution is -0.169. The molecule has 0 aliphatic carbocycles. The number of rotatable bonds is 6. The number of esters is 1. The average Bonchev–Trinajstić information content (AvgIpc) is 2.73. The highest BCUT2D eigenvalue weighted by Gasteiger charge is 2.47. The molecule has 5 heteroatoms. The zero-order valence-electron chi connectivity index (χ0n) is 16.7. The van der Waals surface area contributed by atoms with Crippen molar-refractivity contribution in [3.63, 3.8) is 0 Å². The van der Waals surface area contributed by atoms with E-state index in [0.29, 0.717) is 12.1 Å². The van der Waals surface area contributed by atoms with Crippen molar-refractivity contribution in [3.05, 3.63) is 107 Å². The molecule has 154 valence electrons. The van der Waals surface area contributed by atoms with Gasteiger partial charge in [0, 0.05) is 19.0 Å². The van der Waals surface area contributed by atoms with E-state index in [-0.39, 0.29) is 18.4 Å². The van der Waals surface area contributed by atoms with Gasteiger partial charge in [0.05, 0.1) is 12.1 Å². The zero-order valence-corrected chi connectivity index (χ0v) is 16.7. The van der Waals surface area contributed by atoms with Gasteiger partial charge in [-0.2, -0.15) is 0 Å². The van der Waals surface area contributed by atoms with Gasteiger partial charge in [0.2, 0.25) is 0 Å². The summed E-state index contributed by atoms with van der Waals surface area (Å²) < 4.78 is 33.6. The molecule has 3 nitrogen and oxygen atoms in total. The molecule has 0 spiro atoms. The van der Waals surface area contributed by atoms with Crippen LogP contribution in [0.3, 0.4) is 0 Å². The maximum atomic E-state index is 14.0. The van der Waals surface area contributed by atoms with Crippen molar-refractivity contribution in [3.8, 4) is 0 Å². The van der Waals surface area contributed by atoms with Crippen molar-refractivity contribution in [1.29, 1.82) is 0 Å². The van der Waals surface area contributed by atoms with Crippen LogP contribution >= 0.6 is 0 Å². The van der Waals surface area contributed by atoms with Gasteiger partial charge in [-0.25, -0.2) is 8.78 Å². The van der Waals surface area contributed by atoms with Gasteiger partial charge < -0.3 is 4.74 Å². The van der Waals surface area contributed by atoms with Crippen LogP contribution in [0.25, 0.3) is 0 Å². The largest absolute Gasteiger partial charge is 0.459 e. The second-order valence-corrected chi connectivity index (χ2v) is 7.45. The van der Waals surface area contributed by atoms with Crippen molar-refractivity contribution in [1.82, 2.24) is 4.90 Å². The molecule has 1 saturated heterocycles.